The van der Waals surface area contributed by atoms with Crippen LogP contribution in [0.4, 0.5) is 17.5 Å². The Bertz CT molecular complexity index is 1130. The number of rotatable bonds is 8. The second-order valence-electron chi connectivity index (χ2n) is 8.96. The Labute approximate surface area is 198 Å². The number of amides is 1. The van der Waals surface area contributed by atoms with Gasteiger partial charge in [0.1, 0.15) is 12.0 Å². The first-order chi connectivity index (χ1) is 16.6. The first-order valence-electron chi connectivity index (χ1n) is 11.7. The number of benzene rings is 1. The maximum Gasteiger partial charge on any atom is 0.254 e. The van der Waals surface area contributed by atoms with E-state index in [0.717, 1.165) is 50.0 Å². The van der Waals surface area contributed by atoms with Crippen molar-refractivity contribution < 1.29 is 9.90 Å². The molecule has 3 heterocycles. The van der Waals surface area contributed by atoms with Gasteiger partial charge in [-0.1, -0.05) is 18.2 Å². The van der Waals surface area contributed by atoms with Crippen molar-refractivity contribution in [1.82, 2.24) is 19.9 Å². The molecule has 1 aromatic carbocycles. The molecule has 1 aliphatic carbocycles. The van der Waals surface area contributed by atoms with E-state index in [1.807, 2.05) is 24.3 Å². The minimum Gasteiger partial charge on any atom is -0.374 e. The molecular formula is C25H29N7O2. The van der Waals surface area contributed by atoms with Crippen molar-refractivity contribution in [3.63, 3.8) is 0 Å². The first-order valence-corrected chi connectivity index (χ1v) is 11.7. The Morgan fingerprint density at radius 1 is 1.09 bits per heavy atom. The summed E-state index contributed by atoms with van der Waals surface area (Å²) < 4.78 is 0. The smallest absolute Gasteiger partial charge is 0.254 e. The fraction of sp³-hybridized carbons (Fsp3) is 0.360. The third-order valence-electron chi connectivity index (χ3n) is 6.47. The van der Waals surface area contributed by atoms with Crippen LogP contribution in [0.3, 0.4) is 0 Å². The van der Waals surface area contributed by atoms with E-state index in [0.29, 0.717) is 29.3 Å². The highest BCUT2D eigenvalue weighted by Gasteiger charge is 2.26. The Hall–Kier alpha value is -3.56. The molecule has 1 unspecified atom stereocenters. The quantitative estimate of drug-likeness (QED) is 0.404. The van der Waals surface area contributed by atoms with Crippen LogP contribution >= 0.6 is 0 Å². The number of aromatic nitrogens is 3. The number of piperidine rings is 1. The number of anilines is 3. The van der Waals surface area contributed by atoms with Gasteiger partial charge in [-0.15, -0.1) is 0 Å². The minimum absolute atomic E-state index is 0.299. The summed E-state index contributed by atoms with van der Waals surface area (Å²) >= 11 is 0. The average Bonchev–Trinajstić information content (AvgIpc) is 3.69. The molecule has 176 valence electrons. The second-order valence-corrected chi connectivity index (χ2v) is 8.96. The van der Waals surface area contributed by atoms with E-state index in [1.165, 1.54) is 11.8 Å². The summed E-state index contributed by atoms with van der Waals surface area (Å²) in [6.45, 7) is 1.66. The number of aliphatic hydroxyl groups is 1. The number of nitrogens with zero attached hydrogens (tertiary/aromatic N) is 4. The van der Waals surface area contributed by atoms with Gasteiger partial charge in [-0.25, -0.2) is 4.98 Å². The van der Waals surface area contributed by atoms with Gasteiger partial charge in [0, 0.05) is 49.0 Å². The highest BCUT2D eigenvalue weighted by molar-refractivity contribution is 5.97. The molecule has 1 saturated heterocycles. The fourth-order valence-corrected chi connectivity index (χ4v) is 4.34. The van der Waals surface area contributed by atoms with Crippen LogP contribution in [-0.4, -0.2) is 50.0 Å². The lowest BCUT2D eigenvalue weighted by molar-refractivity contribution is -0.0134. The monoisotopic (exact) mass is 459 g/mol. The summed E-state index contributed by atoms with van der Waals surface area (Å²) in [6, 6.07) is 12.4. The van der Waals surface area contributed by atoms with Crippen LogP contribution in [0.1, 0.15) is 59.3 Å². The van der Waals surface area contributed by atoms with Gasteiger partial charge >= 0.3 is 0 Å². The van der Waals surface area contributed by atoms with Gasteiger partial charge in [0.25, 0.3) is 5.91 Å². The van der Waals surface area contributed by atoms with Crippen LogP contribution in [0.15, 0.2) is 55.0 Å². The summed E-state index contributed by atoms with van der Waals surface area (Å²) in [7, 11) is 0. The molecule has 1 saturated carbocycles. The van der Waals surface area contributed by atoms with Crippen LogP contribution in [0.25, 0.3) is 0 Å². The Kier molecular flexibility index (Phi) is 6.37. The third-order valence-corrected chi connectivity index (χ3v) is 6.47. The molecule has 0 bridgehead atoms. The van der Waals surface area contributed by atoms with E-state index in [9.17, 15) is 9.90 Å². The summed E-state index contributed by atoms with van der Waals surface area (Å²) in [5, 5.41) is 17.1. The number of nitrogens with two attached hydrogens (primary N) is 1. The highest BCUT2D eigenvalue weighted by atomic mass is 16.3. The molecule has 2 aliphatic rings. The topological polar surface area (TPSA) is 129 Å². The zero-order valence-electron chi connectivity index (χ0n) is 18.9. The normalized spacial score (nSPS) is 17.8. The first kappa shape index (κ1) is 22.2. The van der Waals surface area contributed by atoms with Gasteiger partial charge < -0.3 is 21.5 Å². The molecule has 0 spiro atoms. The molecule has 5 rings (SSSR count). The number of carbonyl (C=O) groups is 1. The predicted octanol–water partition coefficient (Wildman–Crippen LogP) is 3.16. The highest BCUT2D eigenvalue weighted by Crippen LogP contribution is 2.32. The summed E-state index contributed by atoms with van der Waals surface area (Å²) in [5.74, 6) is 0.799. The summed E-state index contributed by atoms with van der Waals surface area (Å²) in [6.07, 6.45) is 8.38. The largest absolute Gasteiger partial charge is 0.374 e. The molecule has 0 radical (unpaired) electrons. The minimum atomic E-state index is -0.610. The van der Waals surface area contributed by atoms with Crippen LogP contribution in [0.2, 0.25) is 0 Å². The van der Waals surface area contributed by atoms with Crippen molar-refractivity contribution in [3.05, 3.63) is 71.7 Å². The number of pyridine rings is 1. The fourth-order valence-electron chi connectivity index (χ4n) is 4.34. The standard InChI is InChI=1S/C25H29N7O2/c26-22(33)21-15-28-25(31-23(21)29-19-7-8-19)30-20-5-3-16(4-6-20)17-9-12-32(13-10-17)24(34)18-2-1-11-27-14-18/h1-6,11,14-15,17,19,24,34H,7-10,12-13H2,(H2,26,33)(H2,28,29,30,31). The molecule has 2 fully saturated rings. The number of nitrogens with one attached hydrogen (secondary N) is 2. The van der Waals surface area contributed by atoms with Crippen LogP contribution in [0.5, 0.6) is 0 Å². The maximum absolute atomic E-state index is 11.7. The lowest BCUT2D eigenvalue weighted by Gasteiger charge is -2.35. The van der Waals surface area contributed by atoms with Gasteiger partial charge in [0.05, 0.1) is 5.56 Å². The molecule has 1 atom stereocenters. The molecule has 5 N–H and O–H groups in total. The van der Waals surface area contributed by atoms with Gasteiger partial charge in [-0.3, -0.25) is 14.7 Å². The molecule has 9 nitrogen and oxygen atoms in total. The number of likely N-dealkylation sites (tertiary alicyclic amines) is 1. The third kappa shape index (κ3) is 5.16. The number of carbonyl (C=O) groups excluding carboxylic acids is 1. The van der Waals surface area contributed by atoms with E-state index >= 15 is 0 Å². The van der Waals surface area contributed by atoms with Crippen LogP contribution < -0.4 is 16.4 Å². The maximum atomic E-state index is 11.7. The molecule has 3 aromatic rings. The molecule has 1 aliphatic heterocycles. The van der Waals surface area contributed by atoms with Crippen molar-refractivity contribution in [2.75, 3.05) is 23.7 Å². The van der Waals surface area contributed by atoms with E-state index < -0.39 is 12.1 Å². The average molecular weight is 460 g/mol. The van der Waals surface area contributed by atoms with E-state index in [4.69, 9.17) is 5.73 Å². The molecule has 2 aromatic heterocycles. The lowest BCUT2D eigenvalue weighted by atomic mass is 9.89. The zero-order valence-corrected chi connectivity index (χ0v) is 18.9. The molecule has 34 heavy (non-hydrogen) atoms. The van der Waals surface area contributed by atoms with Crippen molar-refractivity contribution in [2.45, 2.75) is 43.9 Å². The Morgan fingerprint density at radius 3 is 2.50 bits per heavy atom. The van der Waals surface area contributed by atoms with Gasteiger partial charge in [0.15, 0.2) is 0 Å². The second kappa shape index (κ2) is 9.74. The molecule has 9 heteroatoms. The molecule has 1 amide bonds. The Balaban J connectivity index is 1.20. The van der Waals surface area contributed by atoms with Crippen molar-refractivity contribution in [2.24, 2.45) is 5.73 Å². The summed E-state index contributed by atoms with van der Waals surface area (Å²) in [5.41, 5.74) is 8.74. The van der Waals surface area contributed by atoms with Gasteiger partial charge in [-0.05, 0) is 55.4 Å². The van der Waals surface area contributed by atoms with Gasteiger partial charge in [0.2, 0.25) is 5.95 Å². The SMILES string of the molecule is NC(=O)c1cnc(Nc2ccc(C3CCN(C(O)c4cccnc4)CC3)cc2)nc1NC1CC1. The van der Waals surface area contributed by atoms with E-state index in [-0.39, 0.29) is 0 Å². The number of aliphatic hydroxyl groups excluding tert-OH is 1. The zero-order chi connectivity index (χ0) is 23.5. The van der Waals surface area contributed by atoms with Crippen molar-refractivity contribution in [3.8, 4) is 0 Å². The van der Waals surface area contributed by atoms with Crippen LogP contribution in [-0.2, 0) is 0 Å². The van der Waals surface area contributed by atoms with Gasteiger partial charge in [-0.2, -0.15) is 4.98 Å². The van der Waals surface area contributed by atoms with Crippen molar-refractivity contribution in [1.29, 1.82) is 0 Å². The van der Waals surface area contributed by atoms with E-state index in [2.05, 4.69) is 42.6 Å². The predicted molar refractivity (Wildman–Crippen MR) is 130 cm³/mol. The van der Waals surface area contributed by atoms with Crippen molar-refractivity contribution >= 4 is 23.4 Å². The number of hydrogen-bond donors (Lipinski definition) is 4. The number of hydrogen-bond acceptors (Lipinski definition) is 8. The number of primary amides is 1. The molecular weight excluding hydrogens is 430 g/mol. The van der Waals surface area contributed by atoms with E-state index in [1.54, 1.807) is 12.4 Å². The lowest BCUT2D eigenvalue weighted by Crippen LogP contribution is -2.36. The van der Waals surface area contributed by atoms with Crippen LogP contribution in [0, 0.1) is 0 Å². The Morgan fingerprint density at radius 2 is 1.85 bits per heavy atom. The summed E-state index contributed by atoms with van der Waals surface area (Å²) in [4.78, 5) is 26.6.